The fourth-order valence-electron chi connectivity index (χ4n) is 2.67. The van der Waals surface area contributed by atoms with E-state index in [1.165, 1.54) is 13.2 Å². The lowest BCUT2D eigenvalue weighted by atomic mass is 10.0. The highest BCUT2D eigenvalue weighted by Gasteiger charge is 2.36. The van der Waals surface area contributed by atoms with Gasteiger partial charge in [0, 0.05) is 12.6 Å². The highest BCUT2D eigenvalue weighted by Crippen LogP contribution is 2.33. The summed E-state index contributed by atoms with van der Waals surface area (Å²) in [5.41, 5.74) is 0. The molecule has 0 spiro atoms. The molecule has 0 aromatic heterocycles. The number of nitrogens with zero attached hydrogens (tertiary/aromatic N) is 1. The summed E-state index contributed by atoms with van der Waals surface area (Å²) in [6.45, 7) is 4.69. The maximum absolute atomic E-state index is 12.7. The third kappa shape index (κ3) is 2.80. The van der Waals surface area contributed by atoms with Gasteiger partial charge in [0.1, 0.15) is 5.75 Å². The lowest BCUT2D eigenvalue weighted by Crippen LogP contribution is -2.38. The van der Waals surface area contributed by atoms with Crippen molar-refractivity contribution in [3.8, 4) is 5.75 Å². The van der Waals surface area contributed by atoms with E-state index in [-0.39, 0.29) is 10.9 Å². The van der Waals surface area contributed by atoms with Crippen LogP contribution in [0.2, 0.25) is 5.02 Å². The number of ether oxygens (including phenoxy) is 1. The molecule has 0 amide bonds. The second-order valence-electron chi connectivity index (χ2n) is 5.37. The minimum atomic E-state index is -3.49. The van der Waals surface area contributed by atoms with Crippen molar-refractivity contribution in [2.75, 3.05) is 13.7 Å². The van der Waals surface area contributed by atoms with E-state index < -0.39 is 10.0 Å². The van der Waals surface area contributed by atoms with Crippen LogP contribution in [-0.4, -0.2) is 32.4 Å². The van der Waals surface area contributed by atoms with Gasteiger partial charge in [-0.2, -0.15) is 4.31 Å². The van der Waals surface area contributed by atoms with Gasteiger partial charge >= 0.3 is 0 Å². The quantitative estimate of drug-likeness (QED) is 0.857. The zero-order valence-corrected chi connectivity index (χ0v) is 13.5. The molecule has 6 heteroatoms. The first-order valence-corrected chi connectivity index (χ1v) is 8.55. The molecule has 1 atom stereocenters. The van der Waals surface area contributed by atoms with Gasteiger partial charge in [-0.15, -0.1) is 0 Å². The molecule has 0 saturated carbocycles. The zero-order valence-electron chi connectivity index (χ0n) is 12.0. The molecule has 2 rings (SSSR count). The van der Waals surface area contributed by atoms with Crippen LogP contribution in [-0.2, 0) is 10.0 Å². The Morgan fingerprint density at radius 3 is 2.65 bits per heavy atom. The second-order valence-corrected chi connectivity index (χ2v) is 7.66. The van der Waals surface area contributed by atoms with E-state index in [2.05, 4.69) is 13.8 Å². The van der Waals surface area contributed by atoms with Crippen molar-refractivity contribution in [1.29, 1.82) is 0 Å². The number of halogens is 1. The number of rotatable bonds is 4. The normalized spacial score (nSPS) is 20.6. The highest BCUT2D eigenvalue weighted by molar-refractivity contribution is 7.89. The van der Waals surface area contributed by atoms with Crippen LogP contribution < -0.4 is 4.74 Å². The first kappa shape index (κ1) is 15.6. The third-order valence-electron chi connectivity index (χ3n) is 3.75. The number of benzene rings is 1. The molecule has 1 unspecified atom stereocenters. The largest absolute Gasteiger partial charge is 0.495 e. The van der Waals surface area contributed by atoms with Crippen molar-refractivity contribution in [3.63, 3.8) is 0 Å². The molecule has 4 nitrogen and oxygen atoms in total. The average Bonchev–Trinajstić information content (AvgIpc) is 2.88. The molecule has 1 fully saturated rings. The van der Waals surface area contributed by atoms with Gasteiger partial charge in [-0.1, -0.05) is 25.4 Å². The van der Waals surface area contributed by atoms with Gasteiger partial charge in [0.05, 0.1) is 17.0 Å². The van der Waals surface area contributed by atoms with Gasteiger partial charge in [-0.25, -0.2) is 8.42 Å². The third-order valence-corrected chi connectivity index (χ3v) is 5.96. The topological polar surface area (TPSA) is 46.6 Å². The fourth-order valence-corrected chi connectivity index (χ4v) is 4.85. The van der Waals surface area contributed by atoms with E-state index in [0.717, 1.165) is 12.8 Å². The number of hydrogen-bond acceptors (Lipinski definition) is 3. The molecular weight excluding hydrogens is 298 g/mol. The Labute approximate surface area is 125 Å². The minimum absolute atomic E-state index is 0.0703. The van der Waals surface area contributed by atoms with Crippen LogP contribution in [0, 0.1) is 5.92 Å². The molecule has 0 aliphatic carbocycles. The minimum Gasteiger partial charge on any atom is -0.495 e. The zero-order chi connectivity index (χ0) is 14.9. The van der Waals surface area contributed by atoms with Gasteiger partial charge in [0.25, 0.3) is 0 Å². The molecule has 20 heavy (non-hydrogen) atoms. The fraction of sp³-hybridized carbons (Fsp3) is 0.571. The summed E-state index contributed by atoms with van der Waals surface area (Å²) in [4.78, 5) is 0.232. The van der Waals surface area contributed by atoms with Crippen molar-refractivity contribution >= 4 is 21.6 Å². The summed E-state index contributed by atoms with van der Waals surface area (Å²) in [7, 11) is -1.98. The van der Waals surface area contributed by atoms with E-state index in [9.17, 15) is 8.42 Å². The predicted octanol–water partition coefficient (Wildman–Crippen LogP) is 3.16. The van der Waals surface area contributed by atoms with Crippen LogP contribution in [0.15, 0.2) is 23.1 Å². The summed E-state index contributed by atoms with van der Waals surface area (Å²) in [5.74, 6) is 0.786. The van der Waals surface area contributed by atoms with Crippen LogP contribution in [0.25, 0.3) is 0 Å². The first-order chi connectivity index (χ1) is 9.37. The summed E-state index contributed by atoms with van der Waals surface area (Å²) in [5, 5.41) is 0.314. The van der Waals surface area contributed by atoms with E-state index in [1.807, 2.05) is 0 Å². The Morgan fingerprint density at radius 2 is 2.10 bits per heavy atom. The van der Waals surface area contributed by atoms with Crippen molar-refractivity contribution in [1.82, 2.24) is 4.31 Å². The lowest BCUT2D eigenvalue weighted by molar-refractivity contribution is 0.315. The Morgan fingerprint density at radius 1 is 1.40 bits per heavy atom. The second kappa shape index (κ2) is 5.92. The summed E-state index contributed by atoms with van der Waals surface area (Å²) >= 11 is 6.03. The van der Waals surface area contributed by atoms with Gasteiger partial charge in [0.15, 0.2) is 0 Å². The van der Waals surface area contributed by atoms with E-state index in [4.69, 9.17) is 16.3 Å². The SMILES string of the molecule is COc1ccc(S(=O)(=O)N2CCCC2C(C)C)cc1Cl. The van der Waals surface area contributed by atoms with Crippen molar-refractivity contribution in [3.05, 3.63) is 23.2 Å². The Balaban J connectivity index is 2.37. The Hall–Kier alpha value is -0.780. The highest BCUT2D eigenvalue weighted by atomic mass is 35.5. The van der Waals surface area contributed by atoms with Crippen LogP contribution in [0.1, 0.15) is 26.7 Å². The van der Waals surface area contributed by atoms with E-state index in [1.54, 1.807) is 16.4 Å². The van der Waals surface area contributed by atoms with Crippen LogP contribution in [0.4, 0.5) is 0 Å². The van der Waals surface area contributed by atoms with Crippen molar-refractivity contribution in [2.24, 2.45) is 5.92 Å². The van der Waals surface area contributed by atoms with Gasteiger partial charge in [-0.05, 0) is 37.0 Å². The number of hydrogen-bond donors (Lipinski definition) is 0. The summed E-state index contributed by atoms with van der Waals surface area (Å²) in [6.07, 6.45) is 1.83. The first-order valence-electron chi connectivity index (χ1n) is 6.73. The molecule has 0 N–H and O–H groups in total. The molecule has 0 bridgehead atoms. The van der Waals surface area contributed by atoms with E-state index in [0.29, 0.717) is 23.2 Å². The average molecular weight is 318 g/mol. The standard InChI is InChI=1S/C14H20ClNO3S/c1-10(2)13-5-4-8-16(13)20(17,18)11-6-7-14(19-3)12(15)9-11/h6-7,9-10,13H,4-5,8H2,1-3H3. The van der Waals surface area contributed by atoms with Crippen molar-refractivity contribution in [2.45, 2.75) is 37.6 Å². The Bertz CT molecular complexity index is 586. The van der Waals surface area contributed by atoms with Crippen LogP contribution in [0.3, 0.4) is 0 Å². The van der Waals surface area contributed by atoms with Gasteiger partial charge in [-0.3, -0.25) is 0 Å². The molecule has 1 heterocycles. The molecule has 1 aliphatic heterocycles. The van der Waals surface area contributed by atoms with Crippen molar-refractivity contribution < 1.29 is 13.2 Å². The summed E-state index contributed by atoms with van der Waals surface area (Å²) in [6, 6.07) is 4.68. The predicted molar refractivity (Wildman–Crippen MR) is 79.8 cm³/mol. The lowest BCUT2D eigenvalue weighted by Gasteiger charge is -2.27. The molecule has 1 saturated heterocycles. The monoisotopic (exact) mass is 317 g/mol. The number of sulfonamides is 1. The maximum Gasteiger partial charge on any atom is 0.243 e. The molecular formula is C14H20ClNO3S. The van der Waals surface area contributed by atoms with Crippen LogP contribution in [0.5, 0.6) is 5.75 Å². The molecule has 1 aromatic carbocycles. The smallest absolute Gasteiger partial charge is 0.243 e. The van der Waals surface area contributed by atoms with Crippen LogP contribution >= 0.6 is 11.6 Å². The molecule has 0 radical (unpaired) electrons. The molecule has 1 aliphatic rings. The molecule has 1 aromatic rings. The maximum atomic E-state index is 12.7. The van der Waals surface area contributed by atoms with E-state index >= 15 is 0 Å². The Kier molecular flexibility index (Phi) is 4.62. The summed E-state index contributed by atoms with van der Waals surface area (Å²) < 4.78 is 32.1. The van der Waals surface area contributed by atoms with Gasteiger partial charge in [0.2, 0.25) is 10.0 Å². The van der Waals surface area contributed by atoms with Gasteiger partial charge < -0.3 is 4.74 Å². The molecule has 112 valence electrons. The number of methoxy groups -OCH3 is 1.